The highest BCUT2D eigenvalue weighted by molar-refractivity contribution is 9.10. The first-order chi connectivity index (χ1) is 14.6. The van der Waals surface area contributed by atoms with Crippen LogP contribution in [0.15, 0.2) is 75.8 Å². The van der Waals surface area contributed by atoms with Crippen LogP contribution < -0.4 is 14.8 Å². The Kier molecular flexibility index (Phi) is 5.99. The predicted molar refractivity (Wildman–Crippen MR) is 118 cm³/mol. The third kappa shape index (κ3) is 4.46. The van der Waals surface area contributed by atoms with Crippen LogP contribution in [0.25, 0.3) is 10.9 Å². The Morgan fingerprint density at radius 1 is 1.03 bits per heavy atom. The number of hydrogen-bond acceptors (Lipinski definition) is 5. The van der Waals surface area contributed by atoms with Crippen LogP contribution in [-0.4, -0.2) is 17.5 Å². The molecule has 1 N–H and O–H groups in total. The molecule has 30 heavy (non-hydrogen) atoms. The van der Waals surface area contributed by atoms with Crippen molar-refractivity contribution in [1.29, 1.82) is 0 Å². The molecule has 0 radical (unpaired) electrons. The van der Waals surface area contributed by atoms with Gasteiger partial charge < -0.3 is 19.2 Å². The van der Waals surface area contributed by atoms with E-state index in [1.165, 1.54) is 0 Å². The molecule has 0 bridgehead atoms. The zero-order chi connectivity index (χ0) is 20.9. The number of furan rings is 1. The minimum Gasteiger partial charge on any atom is -0.494 e. The molecule has 2 aromatic heterocycles. The number of amides is 1. The average molecular weight is 467 g/mol. The molecule has 1 amide bonds. The van der Waals surface area contributed by atoms with Crippen molar-refractivity contribution in [2.45, 2.75) is 13.5 Å². The van der Waals surface area contributed by atoms with Gasteiger partial charge in [0.25, 0.3) is 5.91 Å². The molecule has 2 aromatic carbocycles. The molecule has 0 aliphatic carbocycles. The van der Waals surface area contributed by atoms with Crippen molar-refractivity contribution in [2.75, 3.05) is 11.9 Å². The SMILES string of the molecule is CCOc1ccc(OCc2ccc(C(=O)Nc3ccc(Br)c4cccnc34)o2)cc1. The molecule has 0 unspecified atom stereocenters. The summed E-state index contributed by atoms with van der Waals surface area (Å²) < 4.78 is 17.7. The van der Waals surface area contributed by atoms with Gasteiger partial charge in [0.1, 0.15) is 23.9 Å². The van der Waals surface area contributed by atoms with Crippen LogP contribution in [0, 0.1) is 0 Å². The van der Waals surface area contributed by atoms with Gasteiger partial charge in [-0.2, -0.15) is 0 Å². The number of nitrogens with zero attached hydrogens (tertiary/aromatic N) is 1. The van der Waals surface area contributed by atoms with Gasteiger partial charge in [0, 0.05) is 16.1 Å². The first-order valence-corrected chi connectivity index (χ1v) is 10.2. The summed E-state index contributed by atoms with van der Waals surface area (Å²) in [6, 6.07) is 18.1. The summed E-state index contributed by atoms with van der Waals surface area (Å²) in [7, 11) is 0. The lowest BCUT2D eigenvalue weighted by atomic mass is 10.2. The number of hydrogen-bond donors (Lipinski definition) is 1. The lowest BCUT2D eigenvalue weighted by molar-refractivity contribution is 0.0992. The number of carbonyl (C=O) groups excluding carboxylic acids is 1. The van der Waals surface area contributed by atoms with E-state index in [0.717, 1.165) is 15.6 Å². The topological polar surface area (TPSA) is 73.6 Å². The summed E-state index contributed by atoms with van der Waals surface area (Å²) in [4.78, 5) is 17.0. The Bertz CT molecular complexity index is 1170. The zero-order valence-corrected chi connectivity index (χ0v) is 17.8. The average Bonchev–Trinajstić information content (AvgIpc) is 3.25. The normalized spacial score (nSPS) is 10.7. The summed E-state index contributed by atoms with van der Waals surface area (Å²) in [5, 5.41) is 3.78. The van der Waals surface area contributed by atoms with Crippen molar-refractivity contribution in [1.82, 2.24) is 4.98 Å². The minimum atomic E-state index is -0.350. The van der Waals surface area contributed by atoms with E-state index in [1.54, 1.807) is 24.4 Å². The second kappa shape index (κ2) is 9.00. The number of carbonyl (C=O) groups is 1. The van der Waals surface area contributed by atoms with Gasteiger partial charge in [-0.15, -0.1) is 0 Å². The Morgan fingerprint density at radius 3 is 2.57 bits per heavy atom. The number of anilines is 1. The van der Waals surface area contributed by atoms with Gasteiger partial charge in [-0.1, -0.05) is 22.0 Å². The van der Waals surface area contributed by atoms with Crippen molar-refractivity contribution < 1.29 is 18.7 Å². The van der Waals surface area contributed by atoms with Crippen molar-refractivity contribution >= 4 is 38.4 Å². The number of pyridine rings is 1. The first kappa shape index (κ1) is 20.0. The highest BCUT2D eigenvalue weighted by Crippen LogP contribution is 2.28. The number of rotatable bonds is 7. The van der Waals surface area contributed by atoms with Crippen molar-refractivity contribution in [3.05, 3.63) is 82.9 Å². The monoisotopic (exact) mass is 466 g/mol. The molecule has 0 aliphatic heterocycles. The lowest BCUT2D eigenvalue weighted by Gasteiger charge is -2.08. The maximum absolute atomic E-state index is 12.6. The zero-order valence-electron chi connectivity index (χ0n) is 16.2. The van der Waals surface area contributed by atoms with Crippen LogP contribution >= 0.6 is 15.9 Å². The van der Waals surface area contributed by atoms with Crippen LogP contribution in [0.1, 0.15) is 23.2 Å². The van der Waals surface area contributed by atoms with E-state index in [-0.39, 0.29) is 18.3 Å². The predicted octanol–water partition coefficient (Wildman–Crippen LogP) is 5.82. The van der Waals surface area contributed by atoms with Crippen molar-refractivity contribution in [2.24, 2.45) is 0 Å². The lowest BCUT2D eigenvalue weighted by Crippen LogP contribution is -2.11. The minimum absolute atomic E-state index is 0.201. The second-order valence-corrected chi connectivity index (χ2v) is 7.26. The molecule has 0 fully saturated rings. The summed E-state index contributed by atoms with van der Waals surface area (Å²) >= 11 is 3.50. The van der Waals surface area contributed by atoms with Crippen LogP contribution in [0.3, 0.4) is 0 Å². The van der Waals surface area contributed by atoms with E-state index in [0.29, 0.717) is 29.3 Å². The molecule has 0 aliphatic rings. The molecular formula is C23H19BrN2O4. The molecule has 0 atom stereocenters. The molecule has 152 valence electrons. The quantitative estimate of drug-likeness (QED) is 0.371. The van der Waals surface area contributed by atoms with Crippen molar-refractivity contribution in [3.8, 4) is 11.5 Å². The van der Waals surface area contributed by atoms with Crippen LogP contribution in [-0.2, 0) is 6.61 Å². The highest BCUT2D eigenvalue weighted by Gasteiger charge is 2.14. The Hall–Kier alpha value is -3.32. The fraction of sp³-hybridized carbons (Fsp3) is 0.130. The van der Waals surface area contributed by atoms with Gasteiger partial charge in [-0.3, -0.25) is 9.78 Å². The summed E-state index contributed by atoms with van der Waals surface area (Å²) in [6.07, 6.45) is 1.69. The third-order valence-electron chi connectivity index (χ3n) is 4.37. The number of nitrogens with one attached hydrogen (secondary N) is 1. The first-order valence-electron chi connectivity index (χ1n) is 9.43. The van der Waals surface area contributed by atoms with Crippen molar-refractivity contribution in [3.63, 3.8) is 0 Å². The fourth-order valence-corrected chi connectivity index (χ4v) is 3.41. The molecule has 2 heterocycles. The summed E-state index contributed by atoms with van der Waals surface area (Å²) in [5.74, 6) is 1.88. The third-order valence-corrected chi connectivity index (χ3v) is 5.06. The van der Waals surface area contributed by atoms with Gasteiger partial charge in [0.05, 0.1) is 17.8 Å². The van der Waals surface area contributed by atoms with Gasteiger partial charge in [-0.25, -0.2) is 0 Å². The van der Waals surface area contributed by atoms with E-state index in [1.807, 2.05) is 49.4 Å². The number of benzene rings is 2. The molecule has 6 nitrogen and oxygen atoms in total. The maximum Gasteiger partial charge on any atom is 0.291 e. The molecule has 0 spiro atoms. The summed E-state index contributed by atoms with van der Waals surface area (Å²) in [6.45, 7) is 2.76. The standard InChI is InChI=1S/C23H19BrN2O4/c1-2-28-15-5-7-16(8-6-15)29-14-17-9-12-21(30-17)23(27)26-20-11-10-19(24)18-4-3-13-25-22(18)20/h3-13H,2,14H2,1H3,(H,26,27). The van der Waals surface area contributed by atoms with Crippen LogP contribution in [0.4, 0.5) is 5.69 Å². The molecular weight excluding hydrogens is 448 g/mol. The van der Waals surface area contributed by atoms with Gasteiger partial charge >= 0.3 is 0 Å². The molecule has 4 rings (SSSR count). The molecule has 4 aromatic rings. The summed E-state index contributed by atoms with van der Waals surface area (Å²) in [5.41, 5.74) is 1.31. The molecule has 7 heteroatoms. The number of ether oxygens (including phenoxy) is 2. The number of aromatic nitrogens is 1. The Morgan fingerprint density at radius 2 is 1.80 bits per heavy atom. The van der Waals surface area contributed by atoms with E-state index in [2.05, 4.69) is 26.2 Å². The van der Waals surface area contributed by atoms with Gasteiger partial charge in [0.15, 0.2) is 5.76 Å². The Balaban J connectivity index is 1.41. The fourth-order valence-electron chi connectivity index (χ4n) is 2.95. The second-order valence-electron chi connectivity index (χ2n) is 6.41. The molecule has 0 saturated heterocycles. The van der Waals surface area contributed by atoms with Crippen LogP contribution in [0.2, 0.25) is 0 Å². The van der Waals surface area contributed by atoms with Gasteiger partial charge in [-0.05, 0) is 61.5 Å². The highest BCUT2D eigenvalue weighted by atomic mass is 79.9. The smallest absolute Gasteiger partial charge is 0.291 e. The van der Waals surface area contributed by atoms with E-state index in [9.17, 15) is 4.79 Å². The largest absolute Gasteiger partial charge is 0.494 e. The van der Waals surface area contributed by atoms with E-state index >= 15 is 0 Å². The Labute approximate surface area is 182 Å². The molecule has 0 saturated carbocycles. The number of fused-ring (bicyclic) bond motifs is 1. The van der Waals surface area contributed by atoms with Gasteiger partial charge in [0.2, 0.25) is 0 Å². The maximum atomic E-state index is 12.6. The van der Waals surface area contributed by atoms with E-state index in [4.69, 9.17) is 13.9 Å². The van der Waals surface area contributed by atoms with Crippen LogP contribution in [0.5, 0.6) is 11.5 Å². The van der Waals surface area contributed by atoms with E-state index < -0.39 is 0 Å². The number of halogens is 1.